The van der Waals surface area contributed by atoms with Gasteiger partial charge in [0.05, 0.1) is 11.6 Å². The Labute approximate surface area is 208 Å². The lowest BCUT2D eigenvalue weighted by atomic mass is 9.98. The van der Waals surface area contributed by atoms with Crippen molar-refractivity contribution in [1.82, 2.24) is 9.97 Å². The second kappa shape index (κ2) is 11.1. The van der Waals surface area contributed by atoms with Crippen LogP contribution in [0, 0.1) is 32.1 Å². The Morgan fingerprint density at radius 2 is 1.43 bits per heavy atom. The maximum Gasteiger partial charge on any atom is 0.413 e. The Hall–Kier alpha value is -3.72. The zero-order valence-corrected chi connectivity index (χ0v) is 21.5. The fourth-order valence-corrected chi connectivity index (χ4v) is 4.05. The summed E-state index contributed by atoms with van der Waals surface area (Å²) in [6, 6.07) is 16.4. The van der Waals surface area contributed by atoms with Gasteiger partial charge in [-0.15, -0.1) is 0 Å². The number of carbonyl (C=O) groups is 1. The van der Waals surface area contributed by atoms with Crippen molar-refractivity contribution in [3.05, 3.63) is 87.4 Å². The first-order chi connectivity index (χ1) is 16.5. The molecule has 6 heteroatoms. The van der Waals surface area contributed by atoms with Gasteiger partial charge in [-0.2, -0.15) is 5.26 Å². The Morgan fingerprint density at radius 1 is 0.857 bits per heavy atom. The van der Waals surface area contributed by atoms with Crippen LogP contribution in [0.4, 0.5) is 10.6 Å². The molecule has 0 aliphatic carbocycles. The number of nitrogens with one attached hydrogen (secondary N) is 1. The summed E-state index contributed by atoms with van der Waals surface area (Å²) >= 11 is 0. The minimum absolute atomic E-state index is 0.474. The number of amides is 1. The summed E-state index contributed by atoms with van der Waals surface area (Å²) in [5, 5.41) is 12.3. The number of carbonyl (C=O) groups excluding carboxylic acids is 1. The first-order valence-corrected chi connectivity index (χ1v) is 11.9. The quantitative estimate of drug-likeness (QED) is 0.445. The highest BCUT2D eigenvalue weighted by Gasteiger charge is 2.17. The zero-order chi connectivity index (χ0) is 25.6. The predicted molar refractivity (Wildman–Crippen MR) is 139 cm³/mol. The Kier molecular flexibility index (Phi) is 8.24. The number of benzene rings is 1. The van der Waals surface area contributed by atoms with Gasteiger partial charge in [0.15, 0.2) is 0 Å². The van der Waals surface area contributed by atoms with E-state index in [9.17, 15) is 10.1 Å². The van der Waals surface area contributed by atoms with E-state index in [1.165, 1.54) is 5.56 Å². The minimum atomic E-state index is -0.575. The molecule has 0 aliphatic rings. The zero-order valence-electron chi connectivity index (χ0n) is 21.5. The van der Waals surface area contributed by atoms with E-state index in [-0.39, 0.29) is 0 Å². The van der Waals surface area contributed by atoms with E-state index in [0.29, 0.717) is 17.8 Å². The van der Waals surface area contributed by atoms with Crippen molar-refractivity contribution in [3.8, 4) is 6.07 Å². The van der Waals surface area contributed by atoms with E-state index >= 15 is 0 Å². The highest BCUT2D eigenvalue weighted by molar-refractivity contribution is 5.83. The molecule has 0 fully saturated rings. The van der Waals surface area contributed by atoms with Crippen LogP contribution in [0.2, 0.25) is 0 Å². The summed E-state index contributed by atoms with van der Waals surface area (Å²) < 4.78 is 5.33. The molecule has 182 valence electrons. The van der Waals surface area contributed by atoms with Crippen molar-refractivity contribution >= 4 is 11.9 Å². The van der Waals surface area contributed by atoms with Gasteiger partial charge in [0, 0.05) is 17.1 Å². The molecular weight excluding hydrogens is 436 g/mol. The number of anilines is 1. The average Bonchev–Trinajstić information content (AvgIpc) is 2.74. The molecule has 6 nitrogen and oxygen atoms in total. The summed E-state index contributed by atoms with van der Waals surface area (Å²) in [7, 11) is 0. The number of hydrogen-bond donors (Lipinski definition) is 1. The number of aryl methyl sites for hydroxylation is 7. The van der Waals surface area contributed by atoms with E-state index in [1.807, 2.05) is 58.9 Å². The van der Waals surface area contributed by atoms with Crippen molar-refractivity contribution in [2.45, 2.75) is 72.8 Å². The highest BCUT2D eigenvalue weighted by atomic mass is 16.6. The lowest BCUT2D eigenvalue weighted by Crippen LogP contribution is -2.27. The van der Waals surface area contributed by atoms with Crippen LogP contribution in [0.1, 0.15) is 65.7 Å². The maximum absolute atomic E-state index is 12.1. The normalized spacial score (nSPS) is 11.1. The van der Waals surface area contributed by atoms with Gasteiger partial charge in [0.1, 0.15) is 11.4 Å². The molecule has 0 spiro atoms. The Morgan fingerprint density at radius 3 is 1.97 bits per heavy atom. The molecule has 0 bridgehead atoms. The molecule has 3 aromatic rings. The molecule has 0 unspecified atom stereocenters. The summed E-state index contributed by atoms with van der Waals surface area (Å²) in [6.45, 7) is 11.5. The van der Waals surface area contributed by atoms with E-state index in [4.69, 9.17) is 4.74 Å². The van der Waals surface area contributed by atoms with E-state index in [1.54, 1.807) is 0 Å². The fraction of sp³-hybridized carbons (Fsp3) is 0.379. The van der Waals surface area contributed by atoms with Gasteiger partial charge in [-0.05, 0) is 126 Å². The van der Waals surface area contributed by atoms with Crippen LogP contribution in [0.15, 0.2) is 42.5 Å². The summed E-state index contributed by atoms with van der Waals surface area (Å²) in [5.74, 6) is 0.474. The van der Waals surface area contributed by atoms with Crippen LogP contribution in [-0.4, -0.2) is 21.7 Å². The Bertz CT molecular complexity index is 1230. The summed E-state index contributed by atoms with van der Waals surface area (Å²) in [5.41, 5.74) is 7.50. The molecule has 3 rings (SSSR count). The van der Waals surface area contributed by atoms with Crippen molar-refractivity contribution < 1.29 is 9.53 Å². The average molecular weight is 471 g/mol. The molecule has 0 radical (unpaired) electrons. The van der Waals surface area contributed by atoms with Gasteiger partial charge in [0.2, 0.25) is 0 Å². The molecule has 1 N–H and O–H groups in total. The van der Waals surface area contributed by atoms with E-state index in [2.05, 4.69) is 46.5 Å². The number of rotatable bonds is 7. The lowest BCUT2D eigenvalue weighted by Gasteiger charge is -2.19. The number of ether oxygens (including phenoxy) is 1. The fourth-order valence-electron chi connectivity index (χ4n) is 4.05. The van der Waals surface area contributed by atoms with Gasteiger partial charge in [-0.1, -0.05) is 6.07 Å². The number of pyridine rings is 2. The molecule has 1 amide bonds. The molecular formula is C29H34N4O2. The third kappa shape index (κ3) is 8.53. The van der Waals surface area contributed by atoms with Gasteiger partial charge in [0.25, 0.3) is 0 Å². The van der Waals surface area contributed by atoms with Crippen LogP contribution >= 0.6 is 0 Å². The third-order valence-corrected chi connectivity index (χ3v) is 5.32. The second-order valence-electron chi connectivity index (χ2n) is 10.1. The predicted octanol–water partition coefficient (Wildman–Crippen LogP) is 6.19. The second-order valence-corrected chi connectivity index (χ2v) is 10.1. The standard InChI is InChI=1S/C29H34N4O2/c1-19-11-21(3)31-25(12-19)9-7-22-15-23(17-24(16-22)18-30)8-10-26-13-20(2)14-27(32-26)33-28(34)35-29(4,5)6/h11-17H,7-10H2,1-6H3,(H,32,33,34). The number of hydrogen-bond acceptors (Lipinski definition) is 5. The van der Waals surface area contributed by atoms with Gasteiger partial charge in [-0.3, -0.25) is 10.3 Å². The van der Waals surface area contributed by atoms with Crippen molar-refractivity contribution in [3.63, 3.8) is 0 Å². The number of nitrogens with zero attached hydrogens (tertiary/aromatic N) is 3. The van der Waals surface area contributed by atoms with Crippen molar-refractivity contribution in [2.75, 3.05) is 5.32 Å². The largest absolute Gasteiger partial charge is 0.444 e. The molecule has 2 heterocycles. The Balaban J connectivity index is 1.69. The van der Waals surface area contributed by atoms with E-state index < -0.39 is 11.7 Å². The topological polar surface area (TPSA) is 87.9 Å². The number of nitriles is 1. The van der Waals surface area contributed by atoms with Crippen LogP contribution in [0.25, 0.3) is 0 Å². The number of aromatic nitrogens is 2. The molecule has 0 aliphatic heterocycles. The third-order valence-electron chi connectivity index (χ3n) is 5.32. The molecule has 2 aromatic heterocycles. The van der Waals surface area contributed by atoms with Gasteiger partial charge < -0.3 is 4.74 Å². The first-order valence-electron chi connectivity index (χ1n) is 11.9. The van der Waals surface area contributed by atoms with Gasteiger partial charge >= 0.3 is 6.09 Å². The summed E-state index contributed by atoms with van der Waals surface area (Å²) in [6.07, 6.45) is 2.57. The summed E-state index contributed by atoms with van der Waals surface area (Å²) in [4.78, 5) is 21.4. The molecule has 1 aromatic carbocycles. The lowest BCUT2D eigenvalue weighted by molar-refractivity contribution is 0.0635. The maximum atomic E-state index is 12.1. The molecule has 0 saturated heterocycles. The van der Waals surface area contributed by atoms with Crippen LogP contribution in [0.5, 0.6) is 0 Å². The minimum Gasteiger partial charge on any atom is -0.444 e. The molecule has 0 saturated carbocycles. The first kappa shape index (κ1) is 25.9. The van der Waals surface area contributed by atoms with Crippen molar-refractivity contribution in [1.29, 1.82) is 5.26 Å². The van der Waals surface area contributed by atoms with Gasteiger partial charge in [-0.25, -0.2) is 9.78 Å². The highest BCUT2D eigenvalue weighted by Crippen LogP contribution is 2.18. The van der Waals surface area contributed by atoms with Crippen LogP contribution in [-0.2, 0) is 30.4 Å². The van der Waals surface area contributed by atoms with E-state index in [0.717, 1.165) is 53.0 Å². The SMILES string of the molecule is Cc1cc(C)nc(CCc2cc(C#N)cc(CCc3cc(C)cc(NC(=O)OC(C)(C)C)n3)c2)c1. The monoisotopic (exact) mass is 470 g/mol. The van der Waals surface area contributed by atoms with Crippen molar-refractivity contribution in [2.24, 2.45) is 0 Å². The smallest absolute Gasteiger partial charge is 0.413 e. The van der Waals surface area contributed by atoms with Crippen LogP contribution in [0.3, 0.4) is 0 Å². The molecule has 35 heavy (non-hydrogen) atoms. The van der Waals surface area contributed by atoms with Crippen LogP contribution < -0.4 is 5.32 Å². The molecule has 0 atom stereocenters.